The molecule has 11 heavy (non-hydrogen) atoms. The van der Waals surface area contributed by atoms with Gasteiger partial charge >= 0.3 is 0 Å². The fraction of sp³-hybridized carbons (Fsp3) is 0.800. The molecule has 1 saturated carbocycles. The Bertz CT molecular complexity index is 170. The molecule has 0 heterocycles. The Morgan fingerprint density at radius 1 is 1.64 bits per heavy atom. The lowest BCUT2D eigenvalue weighted by Gasteiger charge is -2.25. The van der Waals surface area contributed by atoms with Crippen LogP contribution in [0.2, 0.25) is 0 Å². The molecule has 0 aromatic heterocycles. The topological polar surface area (TPSA) is 20.2 Å². The van der Waals surface area contributed by atoms with Crippen molar-refractivity contribution in [3.8, 4) is 0 Å². The van der Waals surface area contributed by atoms with E-state index in [0.717, 1.165) is 12.8 Å². The molecule has 0 amide bonds. The summed E-state index contributed by atoms with van der Waals surface area (Å²) in [4.78, 5) is 0. The van der Waals surface area contributed by atoms with Gasteiger partial charge in [0.05, 0.1) is 5.60 Å². The average Bonchev–Trinajstić information content (AvgIpc) is 2.09. The van der Waals surface area contributed by atoms with Gasteiger partial charge in [-0.15, -0.1) is 0 Å². The van der Waals surface area contributed by atoms with Gasteiger partial charge in [-0.05, 0) is 38.5 Å². The molecule has 0 saturated heterocycles. The Labute approximate surface area is 69.1 Å². The quantitative estimate of drug-likeness (QED) is 0.575. The number of rotatable bonds is 1. The van der Waals surface area contributed by atoms with Crippen molar-refractivity contribution in [2.45, 2.75) is 39.2 Å². The maximum absolute atomic E-state index is 9.84. The summed E-state index contributed by atoms with van der Waals surface area (Å²) in [7, 11) is 0. The first-order valence-corrected chi connectivity index (χ1v) is 4.33. The van der Waals surface area contributed by atoms with Crippen molar-refractivity contribution in [2.24, 2.45) is 11.8 Å². The Morgan fingerprint density at radius 3 is 2.36 bits per heavy atom. The summed E-state index contributed by atoms with van der Waals surface area (Å²) in [6.45, 7) is 10.0. The summed E-state index contributed by atoms with van der Waals surface area (Å²) in [6.07, 6.45) is 2.02. The minimum Gasteiger partial charge on any atom is -0.390 e. The third-order valence-corrected chi connectivity index (χ3v) is 3.18. The molecule has 0 radical (unpaired) electrons. The number of hydrogen-bond acceptors (Lipinski definition) is 1. The molecule has 0 bridgehead atoms. The highest BCUT2D eigenvalue weighted by atomic mass is 16.3. The van der Waals surface area contributed by atoms with Crippen LogP contribution in [-0.2, 0) is 0 Å². The molecule has 1 rings (SSSR count). The fourth-order valence-electron chi connectivity index (χ4n) is 2.03. The van der Waals surface area contributed by atoms with E-state index in [1.54, 1.807) is 0 Å². The van der Waals surface area contributed by atoms with Gasteiger partial charge in [-0.25, -0.2) is 0 Å². The van der Waals surface area contributed by atoms with Crippen LogP contribution >= 0.6 is 0 Å². The molecule has 1 aliphatic rings. The van der Waals surface area contributed by atoms with Crippen molar-refractivity contribution >= 4 is 0 Å². The highest BCUT2D eigenvalue weighted by Crippen LogP contribution is 2.42. The average molecular weight is 154 g/mol. The second-order valence-corrected chi connectivity index (χ2v) is 4.14. The highest BCUT2D eigenvalue weighted by Gasteiger charge is 2.40. The lowest BCUT2D eigenvalue weighted by molar-refractivity contribution is 0.0217. The molecule has 1 aliphatic carbocycles. The normalized spacial score (nSPS) is 44.4. The first kappa shape index (κ1) is 8.79. The Balaban J connectivity index is 2.71. The summed E-state index contributed by atoms with van der Waals surface area (Å²) in [5, 5.41) is 9.84. The number of hydrogen-bond donors (Lipinski definition) is 1. The van der Waals surface area contributed by atoms with E-state index in [1.165, 1.54) is 5.57 Å². The van der Waals surface area contributed by atoms with Crippen LogP contribution in [0.15, 0.2) is 12.2 Å². The summed E-state index contributed by atoms with van der Waals surface area (Å²) < 4.78 is 0. The SMILES string of the molecule is C=C(C)[C@@H]1CC[C@@](C)(O)[C@@H]1C. The first-order chi connectivity index (χ1) is 4.95. The van der Waals surface area contributed by atoms with Crippen LogP contribution in [0.1, 0.15) is 33.6 Å². The van der Waals surface area contributed by atoms with Crippen molar-refractivity contribution in [3.63, 3.8) is 0 Å². The second kappa shape index (κ2) is 2.63. The molecule has 1 nitrogen and oxygen atoms in total. The molecular formula is C10H18O. The van der Waals surface area contributed by atoms with E-state index in [9.17, 15) is 5.11 Å². The monoisotopic (exact) mass is 154 g/mol. The molecule has 1 fully saturated rings. The zero-order valence-corrected chi connectivity index (χ0v) is 7.72. The fourth-order valence-corrected chi connectivity index (χ4v) is 2.03. The van der Waals surface area contributed by atoms with Crippen molar-refractivity contribution in [1.29, 1.82) is 0 Å². The van der Waals surface area contributed by atoms with Gasteiger partial charge in [0.1, 0.15) is 0 Å². The van der Waals surface area contributed by atoms with Crippen LogP contribution in [0, 0.1) is 11.8 Å². The van der Waals surface area contributed by atoms with Gasteiger partial charge < -0.3 is 5.11 Å². The Kier molecular flexibility index (Phi) is 2.10. The summed E-state index contributed by atoms with van der Waals surface area (Å²) in [5.41, 5.74) is 0.763. The summed E-state index contributed by atoms with van der Waals surface area (Å²) in [5.74, 6) is 0.907. The van der Waals surface area contributed by atoms with Gasteiger partial charge in [0, 0.05) is 0 Å². The second-order valence-electron chi connectivity index (χ2n) is 4.14. The minimum atomic E-state index is -0.455. The van der Waals surface area contributed by atoms with E-state index in [0.29, 0.717) is 11.8 Å². The van der Waals surface area contributed by atoms with Crippen molar-refractivity contribution < 1.29 is 5.11 Å². The van der Waals surface area contributed by atoms with E-state index < -0.39 is 5.60 Å². The largest absolute Gasteiger partial charge is 0.390 e. The molecular weight excluding hydrogens is 136 g/mol. The maximum Gasteiger partial charge on any atom is 0.0651 e. The predicted molar refractivity (Wildman–Crippen MR) is 47.3 cm³/mol. The van der Waals surface area contributed by atoms with Gasteiger partial charge in [0.25, 0.3) is 0 Å². The molecule has 1 N–H and O–H groups in total. The first-order valence-electron chi connectivity index (χ1n) is 4.33. The van der Waals surface area contributed by atoms with Gasteiger partial charge in [-0.2, -0.15) is 0 Å². The van der Waals surface area contributed by atoms with Crippen LogP contribution in [0.4, 0.5) is 0 Å². The standard InChI is InChI=1S/C10H18O/c1-7(2)9-5-6-10(4,11)8(9)3/h8-9,11H,1,5-6H2,2-4H3/t8-,9+,10-/m1/s1. The molecule has 64 valence electrons. The maximum atomic E-state index is 9.84. The van der Waals surface area contributed by atoms with Crippen molar-refractivity contribution in [3.05, 3.63) is 12.2 Å². The lowest BCUT2D eigenvalue weighted by Crippen LogP contribution is -2.29. The van der Waals surface area contributed by atoms with E-state index in [2.05, 4.69) is 20.4 Å². The van der Waals surface area contributed by atoms with E-state index >= 15 is 0 Å². The number of aliphatic hydroxyl groups is 1. The summed E-state index contributed by atoms with van der Waals surface area (Å²) in [6, 6.07) is 0. The van der Waals surface area contributed by atoms with Crippen LogP contribution in [0.25, 0.3) is 0 Å². The Hall–Kier alpha value is -0.300. The van der Waals surface area contributed by atoms with Gasteiger partial charge in [-0.1, -0.05) is 19.1 Å². The molecule has 1 heteroatoms. The van der Waals surface area contributed by atoms with Crippen LogP contribution in [0.3, 0.4) is 0 Å². The summed E-state index contributed by atoms with van der Waals surface area (Å²) >= 11 is 0. The van der Waals surface area contributed by atoms with E-state index in [-0.39, 0.29) is 0 Å². The smallest absolute Gasteiger partial charge is 0.0651 e. The minimum absolute atomic E-state index is 0.375. The molecule has 3 atom stereocenters. The van der Waals surface area contributed by atoms with Gasteiger partial charge in [0.15, 0.2) is 0 Å². The number of allylic oxidation sites excluding steroid dienone is 1. The zero-order chi connectivity index (χ0) is 8.65. The lowest BCUT2D eigenvalue weighted by atomic mass is 9.86. The van der Waals surface area contributed by atoms with E-state index in [4.69, 9.17) is 0 Å². The van der Waals surface area contributed by atoms with E-state index in [1.807, 2.05) is 6.92 Å². The zero-order valence-electron chi connectivity index (χ0n) is 7.72. The molecule has 0 spiro atoms. The molecule has 0 aromatic carbocycles. The third-order valence-electron chi connectivity index (χ3n) is 3.18. The molecule has 0 aromatic rings. The van der Waals surface area contributed by atoms with Crippen molar-refractivity contribution in [2.75, 3.05) is 0 Å². The highest BCUT2D eigenvalue weighted by molar-refractivity contribution is 5.06. The third kappa shape index (κ3) is 1.48. The van der Waals surface area contributed by atoms with Crippen LogP contribution in [-0.4, -0.2) is 10.7 Å². The van der Waals surface area contributed by atoms with Gasteiger partial charge in [-0.3, -0.25) is 0 Å². The Morgan fingerprint density at radius 2 is 2.18 bits per heavy atom. The van der Waals surface area contributed by atoms with Crippen LogP contribution in [0.5, 0.6) is 0 Å². The molecule has 0 aliphatic heterocycles. The van der Waals surface area contributed by atoms with Crippen LogP contribution < -0.4 is 0 Å². The predicted octanol–water partition coefficient (Wildman–Crippen LogP) is 2.36. The van der Waals surface area contributed by atoms with Gasteiger partial charge in [0.2, 0.25) is 0 Å². The van der Waals surface area contributed by atoms with Crippen molar-refractivity contribution in [1.82, 2.24) is 0 Å². The molecule has 0 unspecified atom stereocenters.